The van der Waals surface area contributed by atoms with Crippen molar-refractivity contribution in [3.8, 4) is 0 Å². The molecule has 1 fully saturated rings. The number of rotatable bonds is 4. The first-order valence-corrected chi connectivity index (χ1v) is 8.38. The van der Waals surface area contributed by atoms with Gasteiger partial charge in [-0.15, -0.1) is 0 Å². The molecule has 3 rings (SSSR count). The number of carbonyl (C=O) groups is 1. The van der Waals surface area contributed by atoms with E-state index >= 15 is 0 Å². The zero-order chi connectivity index (χ0) is 18.0. The van der Waals surface area contributed by atoms with Crippen LogP contribution in [0.4, 0.5) is 5.95 Å². The Morgan fingerprint density at radius 1 is 1.20 bits per heavy atom. The number of anilines is 1. The summed E-state index contributed by atoms with van der Waals surface area (Å²) in [4.78, 5) is 34.9. The molecule has 134 valence electrons. The molecule has 1 aliphatic heterocycles. The Hall–Kier alpha value is -2.71. The summed E-state index contributed by atoms with van der Waals surface area (Å²) in [5.74, 6) is 1.02. The Kier molecular flexibility index (Phi) is 4.82. The average molecular weight is 345 g/mol. The second kappa shape index (κ2) is 7.04. The van der Waals surface area contributed by atoms with E-state index in [1.54, 1.807) is 31.4 Å². The predicted molar refractivity (Wildman–Crippen MR) is 91.9 cm³/mol. The van der Waals surface area contributed by atoms with Gasteiger partial charge >= 0.3 is 5.69 Å². The standard InChI is InChI=1S/C16H23N7O2/c1-11-8-17-15(18-9-11)19-12-6-4-5-7-23(14(12)24)10-13-20-22(3)16(25)21(13)2/h8-9,12H,4-7,10H2,1-3H3,(H,17,18,19). The topological polar surface area (TPSA) is 97.9 Å². The number of amides is 1. The third-order valence-corrected chi connectivity index (χ3v) is 4.41. The molecular formula is C16H23N7O2. The lowest BCUT2D eigenvalue weighted by molar-refractivity contribution is -0.132. The zero-order valence-electron chi connectivity index (χ0n) is 14.8. The van der Waals surface area contributed by atoms with Crippen LogP contribution < -0.4 is 11.0 Å². The van der Waals surface area contributed by atoms with Crippen LogP contribution in [0.25, 0.3) is 0 Å². The summed E-state index contributed by atoms with van der Waals surface area (Å²) < 4.78 is 2.76. The first-order chi connectivity index (χ1) is 12.0. The number of nitrogens with zero attached hydrogens (tertiary/aromatic N) is 6. The highest BCUT2D eigenvalue weighted by atomic mass is 16.2. The number of aromatic nitrogens is 5. The van der Waals surface area contributed by atoms with Crippen LogP contribution in [0.2, 0.25) is 0 Å². The fraction of sp³-hybridized carbons (Fsp3) is 0.562. The van der Waals surface area contributed by atoms with Crippen LogP contribution in [0.15, 0.2) is 17.2 Å². The minimum absolute atomic E-state index is 0.0141. The highest BCUT2D eigenvalue weighted by Gasteiger charge is 2.28. The highest BCUT2D eigenvalue weighted by Crippen LogP contribution is 2.17. The van der Waals surface area contributed by atoms with E-state index in [4.69, 9.17) is 0 Å². The summed E-state index contributed by atoms with van der Waals surface area (Å²) in [6.45, 7) is 2.88. The van der Waals surface area contributed by atoms with Crippen LogP contribution in [0, 0.1) is 6.92 Å². The molecule has 1 unspecified atom stereocenters. The highest BCUT2D eigenvalue weighted by molar-refractivity contribution is 5.84. The van der Waals surface area contributed by atoms with Crippen LogP contribution in [-0.4, -0.2) is 47.7 Å². The van der Waals surface area contributed by atoms with Gasteiger partial charge in [-0.2, -0.15) is 5.10 Å². The van der Waals surface area contributed by atoms with Crippen LogP contribution in [0.5, 0.6) is 0 Å². The molecule has 1 N–H and O–H groups in total. The molecule has 1 saturated heterocycles. The molecule has 2 aromatic rings. The Labute approximate surface area is 145 Å². The van der Waals surface area contributed by atoms with Crippen molar-refractivity contribution in [2.75, 3.05) is 11.9 Å². The predicted octanol–water partition coefficient (Wildman–Crippen LogP) is 0.210. The maximum absolute atomic E-state index is 12.9. The van der Waals surface area contributed by atoms with E-state index < -0.39 is 0 Å². The van der Waals surface area contributed by atoms with Crippen LogP contribution in [0.3, 0.4) is 0 Å². The van der Waals surface area contributed by atoms with Crippen molar-refractivity contribution in [2.24, 2.45) is 14.1 Å². The van der Waals surface area contributed by atoms with Crippen LogP contribution in [-0.2, 0) is 25.4 Å². The number of hydrogen-bond donors (Lipinski definition) is 1. The molecule has 2 aromatic heterocycles. The number of nitrogens with one attached hydrogen (secondary N) is 1. The van der Waals surface area contributed by atoms with E-state index in [9.17, 15) is 9.59 Å². The van der Waals surface area contributed by atoms with Crippen molar-refractivity contribution < 1.29 is 4.79 Å². The normalized spacial score (nSPS) is 18.3. The van der Waals surface area contributed by atoms with E-state index in [1.165, 1.54) is 9.25 Å². The van der Waals surface area contributed by atoms with E-state index in [-0.39, 0.29) is 17.6 Å². The van der Waals surface area contributed by atoms with Crippen molar-refractivity contribution in [3.05, 3.63) is 34.3 Å². The molecule has 9 heteroatoms. The largest absolute Gasteiger partial charge is 0.345 e. The third kappa shape index (κ3) is 3.70. The SMILES string of the molecule is Cc1cnc(NC2CCCCN(Cc3nn(C)c(=O)n3C)C2=O)nc1. The van der Waals surface area contributed by atoms with Gasteiger partial charge in [-0.25, -0.2) is 19.4 Å². The molecule has 1 amide bonds. The van der Waals surface area contributed by atoms with Crippen molar-refractivity contribution in [1.29, 1.82) is 0 Å². The second-order valence-corrected chi connectivity index (χ2v) is 6.42. The summed E-state index contributed by atoms with van der Waals surface area (Å²) >= 11 is 0. The minimum atomic E-state index is -0.369. The number of aryl methyl sites for hydroxylation is 2. The zero-order valence-corrected chi connectivity index (χ0v) is 14.8. The summed E-state index contributed by atoms with van der Waals surface area (Å²) in [7, 11) is 3.28. The summed E-state index contributed by atoms with van der Waals surface area (Å²) in [6.07, 6.45) is 6.02. The van der Waals surface area contributed by atoms with Crippen molar-refractivity contribution in [3.63, 3.8) is 0 Å². The molecule has 3 heterocycles. The maximum Gasteiger partial charge on any atom is 0.345 e. The first-order valence-electron chi connectivity index (χ1n) is 8.38. The summed E-state index contributed by atoms with van der Waals surface area (Å²) in [6, 6.07) is -0.369. The number of carbonyl (C=O) groups excluding carboxylic acids is 1. The quantitative estimate of drug-likeness (QED) is 0.851. The molecule has 0 aromatic carbocycles. The smallest absolute Gasteiger partial charge is 0.342 e. The van der Waals surface area contributed by atoms with Gasteiger partial charge in [0.05, 0.1) is 6.54 Å². The van der Waals surface area contributed by atoms with Gasteiger partial charge in [0, 0.05) is 33.0 Å². The Balaban J connectivity index is 1.75. The van der Waals surface area contributed by atoms with Gasteiger partial charge in [0.15, 0.2) is 5.82 Å². The molecule has 25 heavy (non-hydrogen) atoms. The van der Waals surface area contributed by atoms with E-state index in [0.29, 0.717) is 24.9 Å². The third-order valence-electron chi connectivity index (χ3n) is 4.41. The van der Waals surface area contributed by atoms with Gasteiger partial charge in [-0.3, -0.25) is 9.36 Å². The van der Waals surface area contributed by atoms with Crippen LogP contribution in [0.1, 0.15) is 30.7 Å². The average Bonchev–Trinajstić information content (AvgIpc) is 2.74. The van der Waals surface area contributed by atoms with E-state index in [0.717, 1.165) is 24.8 Å². The monoisotopic (exact) mass is 345 g/mol. The Bertz CT molecular complexity index is 809. The van der Waals surface area contributed by atoms with Gasteiger partial charge in [0.25, 0.3) is 0 Å². The lowest BCUT2D eigenvalue weighted by Crippen LogP contribution is -2.42. The van der Waals surface area contributed by atoms with Crippen molar-refractivity contribution >= 4 is 11.9 Å². The van der Waals surface area contributed by atoms with Crippen molar-refractivity contribution in [2.45, 2.75) is 38.8 Å². The molecule has 0 bridgehead atoms. The number of likely N-dealkylation sites (tertiary alicyclic amines) is 1. The minimum Gasteiger partial charge on any atom is -0.342 e. The lowest BCUT2D eigenvalue weighted by atomic mass is 10.1. The Morgan fingerprint density at radius 2 is 1.92 bits per heavy atom. The molecule has 0 radical (unpaired) electrons. The van der Waals surface area contributed by atoms with Crippen molar-refractivity contribution in [1.82, 2.24) is 29.2 Å². The second-order valence-electron chi connectivity index (χ2n) is 6.42. The van der Waals surface area contributed by atoms with Gasteiger partial charge in [-0.05, 0) is 31.7 Å². The van der Waals surface area contributed by atoms with E-state index in [1.807, 2.05) is 6.92 Å². The molecule has 9 nitrogen and oxygen atoms in total. The maximum atomic E-state index is 12.9. The molecular weight excluding hydrogens is 322 g/mol. The molecule has 0 saturated carbocycles. The van der Waals surface area contributed by atoms with Gasteiger partial charge in [0.2, 0.25) is 11.9 Å². The fourth-order valence-electron chi connectivity index (χ4n) is 2.94. The van der Waals surface area contributed by atoms with Gasteiger partial charge in [-0.1, -0.05) is 0 Å². The fourth-order valence-corrected chi connectivity index (χ4v) is 2.94. The van der Waals surface area contributed by atoms with E-state index in [2.05, 4.69) is 20.4 Å². The molecule has 0 aliphatic carbocycles. The van der Waals surface area contributed by atoms with Crippen LogP contribution >= 0.6 is 0 Å². The molecule has 1 aliphatic rings. The molecule has 0 spiro atoms. The summed E-state index contributed by atoms with van der Waals surface area (Å²) in [5.41, 5.74) is 0.774. The molecule has 1 atom stereocenters. The lowest BCUT2D eigenvalue weighted by Gasteiger charge is -2.24. The number of hydrogen-bond acceptors (Lipinski definition) is 6. The van der Waals surface area contributed by atoms with Gasteiger partial charge < -0.3 is 10.2 Å². The summed E-state index contributed by atoms with van der Waals surface area (Å²) in [5, 5.41) is 7.35. The van der Waals surface area contributed by atoms with Gasteiger partial charge in [0.1, 0.15) is 6.04 Å². The first kappa shape index (κ1) is 17.1. The Morgan fingerprint density at radius 3 is 2.56 bits per heavy atom.